The van der Waals surface area contributed by atoms with Crippen molar-refractivity contribution in [2.45, 2.75) is 26.7 Å². The summed E-state index contributed by atoms with van der Waals surface area (Å²) in [5, 5.41) is 9.91. The molecule has 3 heterocycles. The summed E-state index contributed by atoms with van der Waals surface area (Å²) < 4.78 is 12.5. The van der Waals surface area contributed by atoms with Gasteiger partial charge in [-0.15, -0.1) is 11.3 Å². The van der Waals surface area contributed by atoms with Gasteiger partial charge in [0.15, 0.2) is 5.69 Å². The second-order valence-corrected chi connectivity index (χ2v) is 10.4. The van der Waals surface area contributed by atoms with E-state index >= 15 is 0 Å². The zero-order chi connectivity index (χ0) is 28.0. The van der Waals surface area contributed by atoms with Crippen LogP contribution in [0.2, 0.25) is 0 Å². The first-order valence-corrected chi connectivity index (χ1v) is 13.7. The first kappa shape index (κ1) is 25.5. The molecular weight excluding hydrogens is 526 g/mol. The standard InChI is InChI=1S/C31H25N3O5S/c1-4-38-31(37)27-22-16-40-29(26(22)30(36)34(33-27)19-14-13-17(2)18(3)15-19)32-28(35)25-20-9-5-7-11-23(20)39-24-12-8-6-10-21(24)25/h5-16,25H,4H2,1-3H3,(H,32,35). The largest absolute Gasteiger partial charge is 0.461 e. The first-order chi connectivity index (χ1) is 19.4. The topological polar surface area (TPSA) is 99.5 Å². The Morgan fingerprint density at radius 1 is 1.00 bits per heavy atom. The summed E-state index contributed by atoms with van der Waals surface area (Å²) in [7, 11) is 0. The number of thiophene rings is 1. The van der Waals surface area contributed by atoms with E-state index < -0.39 is 17.4 Å². The summed E-state index contributed by atoms with van der Waals surface area (Å²) >= 11 is 1.17. The smallest absolute Gasteiger partial charge is 0.359 e. The fraction of sp³-hybridized carbons (Fsp3) is 0.161. The van der Waals surface area contributed by atoms with Gasteiger partial charge in [-0.25, -0.2) is 4.79 Å². The lowest BCUT2D eigenvalue weighted by Crippen LogP contribution is -2.27. The Labute approximate surface area is 233 Å². The van der Waals surface area contributed by atoms with E-state index in [2.05, 4.69) is 10.4 Å². The molecule has 1 aliphatic heterocycles. The molecule has 6 rings (SSSR count). The summed E-state index contributed by atoms with van der Waals surface area (Å²) in [6, 6.07) is 20.3. The van der Waals surface area contributed by atoms with Gasteiger partial charge in [-0.05, 0) is 56.2 Å². The maximum Gasteiger partial charge on any atom is 0.359 e. The second kappa shape index (κ2) is 10.1. The van der Waals surface area contributed by atoms with Crippen LogP contribution in [0.25, 0.3) is 16.5 Å². The molecule has 0 saturated heterocycles. The van der Waals surface area contributed by atoms with Crippen LogP contribution in [0.1, 0.15) is 45.6 Å². The summed E-state index contributed by atoms with van der Waals surface area (Å²) in [6.07, 6.45) is 0. The molecule has 1 N–H and O–H groups in total. The Morgan fingerprint density at radius 3 is 2.33 bits per heavy atom. The van der Waals surface area contributed by atoms with Gasteiger partial charge >= 0.3 is 5.97 Å². The Morgan fingerprint density at radius 2 is 1.68 bits per heavy atom. The normalized spacial score (nSPS) is 12.4. The third-order valence-electron chi connectivity index (χ3n) is 7.04. The molecule has 0 saturated carbocycles. The van der Waals surface area contributed by atoms with E-state index in [0.29, 0.717) is 27.6 Å². The number of hydrogen-bond donors (Lipinski definition) is 1. The van der Waals surface area contributed by atoms with Gasteiger partial charge in [0.05, 0.1) is 23.6 Å². The number of para-hydroxylation sites is 2. The van der Waals surface area contributed by atoms with E-state index in [4.69, 9.17) is 9.47 Å². The molecule has 1 aliphatic rings. The second-order valence-electron chi connectivity index (χ2n) is 9.51. The number of carbonyl (C=O) groups is 2. The number of rotatable bonds is 5. The number of hydrogen-bond acceptors (Lipinski definition) is 7. The van der Waals surface area contributed by atoms with Gasteiger partial charge < -0.3 is 14.8 Å². The maximum absolute atomic E-state index is 13.9. The first-order valence-electron chi connectivity index (χ1n) is 12.8. The molecule has 8 nitrogen and oxygen atoms in total. The van der Waals surface area contributed by atoms with Crippen LogP contribution in [-0.4, -0.2) is 28.3 Å². The number of carbonyl (C=O) groups excluding carboxylic acids is 2. The molecule has 3 aromatic carbocycles. The van der Waals surface area contributed by atoms with Crippen LogP contribution < -0.4 is 15.6 Å². The summed E-state index contributed by atoms with van der Waals surface area (Å²) in [4.78, 5) is 40.7. The lowest BCUT2D eigenvalue weighted by Gasteiger charge is -2.27. The van der Waals surface area contributed by atoms with Crippen molar-refractivity contribution in [1.29, 1.82) is 0 Å². The number of aromatic nitrogens is 2. The van der Waals surface area contributed by atoms with Crippen molar-refractivity contribution in [3.05, 3.63) is 110 Å². The highest BCUT2D eigenvalue weighted by atomic mass is 32.1. The van der Waals surface area contributed by atoms with Gasteiger partial charge in [-0.3, -0.25) is 9.59 Å². The molecule has 5 aromatic rings. The van der Waals surface area contributed by atoms with Gasteiger partial charge in [0, 0.05) is 21.9 Å². The number of ether oxygens (including phenoxy) is 2. The number of fused-ring (bicyclic) bond motifs is 3. The average molecular weight is 552 g/mol. The molecule has 9 heteroatoms. The van der Waals surface area contributed by atoms with Crippen LogP contribution in [0.5, 0.6) is 11.5 Å². The zero-order valence-electron chi connectivity index (χ0n) is 22.1. The third-order valence-corrected chi connectivity index (χ3v) is 7.93. The van der Waals surface area contributed by atoms with Gasteiger partial charge in [-0.1, -0.05) is 42.5 Å². The van der Waals surface area contributed by atoms with E-state index in [-0.39, 0.29) is 23.6 Å². The Balaban J connectivity index is 1.49. The van der Waals surface area contributed by atoms with Crippen molar-refractivity contribution in [2.75, 3.05) is 11.9 Å². The highest BCUT2D eigenvalue weighted by Crippen LogP contribution is 2.44. The number of nitrogens with one attached hydrogen (secondary N) is 1. The molecule has 0 spiro atoms. The highest BCUT2D eigenvalue weighted by Gasteiger charge is 2.33. The summed E-state index contributed by atoms with van der Waals surface area (Å²) in [5.74, 6) is -0.426. The fourth-order valence-electron chi connectivity index (χ4n) is 4.90. The summed E-state index contributed by atoms with van der Waals surface area (Å²) in [5.41, 5.74) is 3.55. The van der Waals surface area contributed by atoms with Gasteiger partial charge in [-0.2, -0.15) is 9.78 Å². The maximum atomic E-state index is 13.9. The van der Waals surface area contributed by atoms with E-state index in [1.165, 1.54) is 16.0 Å². The van der Waals surface area contributed by atoms with Crippen LogP contribution >= 0.6 is 11.3 Å². The number of amides is 1. The lowest BCUT2D eigenvalue weighted by molar-refractivity contribution is -0.116. The summed E-state index contributed by atoms with van der Waals surface area (Å²) in [6.45, 7) is 5.77. The fourth-order valence-corrected chi connectivity index (χ4v) is 5.84. The molecule has 200 valence electrons. The van der Waals surface area contributed by atoms with Crippen molar-refractivity contribution in [2.24, 2.45) is 0 Å². The van der Waals surface area contributed by atoms with E-state index in [1.54, 1.807) is 18.4 Å². The predicted octanol–water partition coefficient (Wildman–Crippen LogP) is 6.12. The van der Waals surface area contributed by atoms with E-state index in [9.17, 15) is 14.4 Å². The number of anilines is 1. The SMILES string of the molecule is CCOC(=O)c1nn(-c2ccc(C)c(C)c2)c(=O)c2c(NC(=O)C3c4ccccc4Oc4ccccc43)scc12. The molecule has 0 fully saturated rings. The number of aryl methyl sites for hydroxylation is 2. The van der Waals surface area contributed by atoms with Crippen molar-refractivity contribution in [1.82, 2.24) is 9.78 Å². The van der Waals surface area contributed by atoms with E-state index in [1.807, 2.05) is 74.5 Å². The van der Waals surface area contributed by atoms with Crippen molar-refractivity contribution in [3.63, 3.8) is 0 Å². The Bertz CT molecular complexity index is 1830. The Hall–Kier alpha value is -4.76. The molecule has 2 aromatic heterocycles. The van der Waals surface area contributed by atoms with Crippen molar-refractivity contribution < 1.29 is 19.1 Å². The van der Waals surface area contributed by atoms with Crippen LogP contribution in [0.4, 0.5) is 5.00 Å². The quantitative estimate of drug-likeness (QED) is 0.264. The molecule has 1 amide bonds. The minimum absolute atomic E-state index is 0.00758. The average Bonchev–Trinajstić information content (AvgIpc) is 3.37. The molecule has 0 bridgehead atoms. The number of esters is 1. The molecule has 0 atom stereocenters. The van der Waals surface area contributed by atoms with Crippen LogP contribution in [0.15, 0.2) is 76.9 Å². The monoisotopic (exact) mass is 551 g/mol. The minimum Gasteiger partial charge on any atom is -0.461 e. The third kappa shape index (κ3) is 4.24. The highest BCUT2D eigenvalue weighted by molar-refractivity contribution is 7.16. The molecular formula is C31H25N3O5S. The molecule has 0 aliphatic carbocycles. The van der Waals surface area contributed by atoms with Crippen LogP contribution in [0, 0.1) is 13.8 Å². The Kier molecular flexibility index (Phi) is 6.43. The molecule has 40 heavy (non-hydrogen) atoms. The van der Waals surface area contributed by atoms with Gasteiger partial charge in [0.2, 0.25) is 5.91 Å². The molecule has 0 unspecified atom stereocenters. The lowest BCUT2D eigenvalue weighted by atomic mass is 9.87. The van der Waals surface area contributed by atoms with Crippen LogP contribution in [-0.2, 0) is 9.53 Å². The van der Waals surface area contributed by atoms with Gasteiger partial charge in [0.1, 0.15) is 16.5 Å². The number of benzene rings is 3. The minimum atomic E-state index is -0.661. The van der Waals surface area contributed by atoms with Crippen molar-refractivity contribution >= 4 is 39.0 Å². The predicted molar refractivity (Wildman–Crippen MR) is 154 cm³/mol. The number of nitrogens with zero attached hydrogens (tertiary/aromatic N) is 2. The van der Waals surface area contributed by atoms with Crippen molar-refractivity contribution in [3.8, 4) is 17.2 Å². The van der Waals surface area contributed by atoms with Gasteiger partial charge in [0.25, 0.3) is 5.56 Å². The van der Waals surface area contributed by atoms with Crippen LogP contribution in [0.3, 0.4) is 0 Å². The molecule has 0 radical (unpaired) electrons. The zero-order valence-corrected chi connectivity index (χ0v) is 22.9. The van der Waals surface area contributed by atoms with E-state index in [0.717, 1.165) is 22.3 Å².